The summed E-state index contributed by atoms with van der Waals surface area (Å²) in [5.41, 5.74) is 1.31. The number of carbonyl (C=O) groups is 2. The van der Waals surface area contributed by atoms with E-state index >= 15 is 0 Å². The minimum atomic E-state index is -0.346. The first kappa shape index (κ1) is 20.8. The average Bonchev–Trinajstić information content (AvgIpc) is 2.51. The van der Waals surface area contributed by atoms with Crippen LogP contribution in [0.4, 0.5) is 4.39 Å². The molecule has 0 bridgehead atoms. The molecule has 1 aliphatic heterocycles. The van der Waals surface area contributed by atoms with Gasteiger partial charge in [0.1, 0.15) is 11.6 Å². The lowest BCUT2D eigenvalue weighted by atomic mass is 9.88. The third kappa shape index (κ3) is 6.99. The zero-order chi connectivity index (χ0) is 19.3. The van der Waals surface area contributed by atoms with Crippen LogP contribution < -0.4 is 0 Å². The molecule has 3 nitrogen and oxygen atoms in total. The van der Waals surface area contributed by atoms with E-state index in [4.69, 9.17) is 0 Å². The quantitative estimate of drug-likeness (QED) is 0.654. The summed E-state index contributed by atoms with van der Waals surface area (Å²) in [4.78, 5) is 26.7. The van der Waals surface area contributed by atoms with Crippen molar-refractivity contribution in [2.24, 2.45) is 11.3 Å². The third-order valence-electron chi connectivity index (χ3n) is 4.98. The van der Waals surface area contributed by atoms with E-state index in [0.717, 1.165) is 37.9 Å². The maximum Gasteiger partial charge on any atom is 0.162 e. The molecule has 1 fully saturated rings. The molecule has 0 amide bonds. The van der Waals surface area contributed by atoms with E-state index in [-0.39, 0.29) is 17.0 Å². The molecular weight excluding hydrogens is 329 g/mol. The topological polar surface area (TPSA) is 37.4 Å². The van der Waals surface area contributed by atoms with E-state index in [2.05, 4.69) is 25.7 Å². The fourth-order valence-electron chi connectivity index (χ4n) is 3.71. The molecular formula is C22H32FNO2. The summed E-state index contributed by atoms with van der Waals surface area (Å²) in [6.45, 7) is 10.5. The van der Waals surface area contributed by atoms with Gasteiger partial charge in [-0.2, -0.15) is 0 Å². The predicted molar refractivity (Wildman–Crippen MR) is 103 cm³/mol. The monoisotopic (exact) mass is 361 g/mol. The number of aryl methyl sites for hydroxylation is 1. The zero-order valence-corrected chi connectivity index (χ0v) is 16.6. The predicted octanol–water partition coefficient (Wildman–Crippen LogP) is 4.81. The molecule has 1 aromatic carbocycles. The van der Waals surface area contributed by atoms with Gasteiger partial charge >= 0.3 is 0 Å². The molecule has 1 aliphatic rings. The average molecular weight is 362 g/mol. The van der Waals surface area contributed by atoms with Gasteiger partial charge in [-0.25, -0.2) is 4.39 Å². The SMILES string of the molecule is Cc1cc(F)cc(C(=O)CCC2CCN(CC(=O)CC(C)(C)C)CC2)c1. The molecule has 4 heteroatoms. The number of hydrogen-bond donors (Lipinski definition) is 0. The van der Waals surface area contributed by atoms with Gasteiger partial charge in [0.15, 0.2) is 5.78 Å². The Morgan fingerprint density at radius 2 is 1.81 bits per heavy atom. The molecule has 0 aliphatic carbocycles. The van der Waals surface area contributed by atoms with E-state index in [9.17, 15) is 14.0 Å². The van der Waals surface area contributed by atoms with Crippen LogP contribution in [0.3, 0.4) is 0 Å². The van der Waals surface area contributed by atoms with Crippen LogP contribution in [-0.4, -0.2) is 36.1 Å². The number of benzene rings is 1. The molecule has 0 saturated carbocycles. The molecule has 0 radical (unpaired) electrons. The number of carbonyl (C=O) groups excluding carboxylic acids is 2. The van der Waals surface area contributed by atoms with Crippen LogP contribution in [0.25, 0.3) is 0 Å². The van der Waals surface area contributed by atoms with E-state index in [0.29, 0.717) is 36.7 Å². The van der Waals surface area contributed by atoms with Crippen molar-refractivity contribution in [3.63, 3.8) is 0 Å². The smallest absolute Gasteiger partial charge is 0.162 e. The fourth-order valence-corrected chi connectivity index (χ4v) is 3.71. The normalized spacial score (nSPS) is 16.7. The second kappa shape index (κ2) is 8.90. The van der Waals surface area contributed by atoms with Gasteiger partial charge in [-0.3, -0.25) is 14.5 Å². The maximum absolute atomic E-state index is 13.4. The van der Waals surface area contributed by atoms with Crippen molar-refractivity contribution in [2.45, 2.75) is 59.8 Å². The number of piperidine rings is 1. The van der Waals surface area contributed by atoms with Crippen LogP contribution in [0.5, 0.6) is 0 Å². The number of halogens is 1. The summed E-state index contributed by atoms with van der Waals surface area (Å²) in [5, 5.41) is 0. The number of likely N-dealkylation sites (tertiary alicyclic amines) is 1. The van der Waals surface area contributed by atoms with E-state index in [1.165, 1.54) is 12.1 Å². The second-order valence-corrected chi connectivity index (χ2v) is 8.97. The Morgan fingerprint density at radius 1 is 1.15 bits per heavy atom. The first-order valence-corrected chi connectivity index (χ1v) is 9.67. The lowest BCUT2D eigenvalue weighted by molar-refractivity contribution is -0.122. The van der Waals surface area contributed by atoms with E-state index in [1.54, 1.807) is 13.0 Å². The summed E-state index contributed by atoms with van der Waals surface area (Å²) >= 11 is 0. The second-order valence-electron chi connectivity index (χ2n) is 8.97. The number of nitrogens with zero attached hydrogens (tertiary/aromatic N) is 1. The van der Waals surface area contributed by atoms with Crippen LogP contribution in [0.15, 0.2) is 18.2 Å². The van der Waals surface area contributed by atoms with Gasteiger partial charge < -0.3 is 0 Å². The number of ketones is 2. The van der Waals surface area contributed by atoms with Crippen molar-refractivity contribution < 1.29 is 14.0 Å². The highest BCUT2D eigenvalue weighted by Crippen LogP contribution is 2.24. The minimum Gasteiger partial charge on any atom is -0.298 e. The lowest BCUT2D eigenvalue weighted by Crippen LogP contribution is -2.38. The Bertz CT molecular complexity index is 620. The molecule has 1 saturated heterocycles. The summed E-state index contributed by atoms with van der Waals surface area (Å²) in [5.74, 6) is 0.507. The van der Waals surface area contributed by atoms with Crippen molar-refractivity contribution in [2.75, 3.05) is 19.6 Å². The maximum atomic E-state index is 13.4. The highest BCUT2D eigenvalue weighted by atomic mass is 19.1. The van der Waals surface area contributed by atoms with Gasteiger partial charge in [0.25, 0.3) is 0 Å². The van der Waals surface area contributed by atoms with Crippen LogP contribution in [0, 0.1) is 24.1 Å². The van der Waals surface area contributed by atoms with E-state index < -0.39 is 0 Å². The van der Waals surface area contributed by atoms with Crippen molar-refractivity contribution >= 4 is 11.6 Å². The van der Waals surface area contributed by atoms with Crippen LogP contribution in [-0.2, 0) is 4.79 Å². The van der Waals surface area contributed by atoms with Crippen molar-refractivity contribution in [1.29, 1.82) is 0 Å². The van der Waals surface area contributed by atoms with Gasteiger partial charge in [-0.1, -0.05) is 20.8 Å². The number of hydrogen-bond acceptors (Lipinski definition) is 3. The van der Waals surface area contributed by atoms with Gasteiger partial charge in [-0.05, 0) is 74.4 Å². The summed E-state index contributed by atoms with van der Waals surface area (Å²) in [6.07, 6.45) is 3.99. The highest BCUT2D eigenvalue weighted by molar-refractivity contribution is 5.96. The Morgan fingerprint density at radius 3 is 2.38 bits per heavy atom. The van der Waals surface area contributed by atoms with Crippen molar-refractivity contribution in [1.82, 2.24) is 4.90 Å². The summed E-state index contributed by atoms with van der Waals surface area (Å²) < 4.78 is 13.4. The molecule has 0 aromatic heterocycles. The number of Topliss-reactive ketones (excluding diaryl/α,β-unsaturated/α-hetero) is 2. The Kier molecular flexibility index (Phi) is 7.10. The molecule has 2 rings (SSSR count). The van der Waals surface area contributed by atoms with Gasteiger partial charge in [0, 0.05) is 18.4 Å². The molecule has 0 spiro atoms. The van der Waals surface area contributed by atoms with Gasteiger partial charge in [-0.15, -0.1) is 0 Å². The van der Waals surface area contributed by atoms with Crippen LogP contribution in [0.1, 0.15) is 68.8 Å². The van der Waals surface area contributed by atoms with Gasteiger partial charge in [0.05, 0.1) is 6.54 Å². The largest absolute Gasteiger partial charge is 0.298 e. The Labute approximate surface area is 157 Å². The zero-order valence-electron chi connectivity index (χ0n) is 16.6. The van der Waals surface area contributed by atoms with Gasteiger partial charge in [0.2, 0.25) is 0 Å². The van der Waals surface area contributed by atoms with Crippen LogP contribution in [0.2, 0.25) is 0 Å². The minimum absolute atomic E-state index is 0.0235. The van der Waals surface area contributed by atoms with E-state index in [1.807, 2.05) is 0 Å². The summed E-state index contributed by atoms with van der Waals surface area (Å²) in [7, 11) is 0. The molecule has 26 heavy (non-hydrogen) atoms. The molecule has 1 aromatic rings. The standard InChI is InChI=1S/C22H32FNO2/c1-16-11-18(13-19(23)12-16)21(26)6-5-17-7-9-24(10-8-17)15-20(25)14-22(2,3)4/h11-13,17H,5-10,14-15H2,1-4H3. The van der Waals surface area contributed by atoms with Crippen molar-refractivity contribution in [3.05, 3.63) is 35.1 Å². The summed E-state index contributed by atoms with van der Waals surface area (Å²) in [6, 6.07) is 4.53. The molecule has 144 valence electrons. The molecule has 0 atom stereocenters. The molecule has 1 heterocycles. The first-order chi connectivity index (χ1) is 12.1. The Balaban J connectivity index is 1.73. The lowest BCUT2D eigenvalue weighted by Gasteiger charge is -2.32. The Hall–Kier alpha value is -1.55. The number of rotatable bonds is 7. The molecule has 0 unspecified atom stereocenters. The van der Waals surface area contributed by atoms with Crippen molar-refractivity contribution in [3.8, 4) is 0 Å². The third-order valence-corrected chi connectivity index (χ3v) is 4.98. The first-order valence-electron chi connectivity index (χ1n) is 9.67. The fraction of sp³-hybridized carbons (Fsp3) is 0.636. The molecule has 0 N–H and O–H groups in total. The van der Waals surface area contributed by atoms with Crippen LogP contribution >= 0.6 is 0 Å². The highest BCUT2D eigenvalue weighted by Gasteiger charge is 2.23.